The molecule has 14 heavy (non-hydrogen) atoms. The average Bonchev–Trinajstić information content (AvgIpc) is 2.43. The van der Waals surface area contributed by atoms with E-state index in [1.54, 1.807) is 0 Å². The fourth-order valence-electron chi connectivity index (χ4n) is 3.00. The van der Waals surface area contributed by atoms with Crippen molar-refractivity contribution in [3.05, 3.63) is 0 Å². The first-order chi connectivity index (χ1) is 6.66. The van der Waals surface area contributed by atoms with Crippen molar-refractivity contribution in [3.63, 3.8) is 0 Å². The van der Waals surface area contributed by atoms with Gasteiger partial charge in [0, 0.05) is 12.1 Å². The quantitative estimate of drug-likeness (QED) is 0.526. The van der Waals surface area contributed by atoms with E-state index in [1.165, 1.54) is 0 Å². The van der Waals surface area contributed by atoms with Crippen LogP contribution in [0.3, 0.4) is 0 Å². The summed E-state index contributed by atoms with van der Waals surface area (Å²) in [7, 11) is 0. The van der Waals surface area contributed by atoms with Gasteiger partial charge in [-0.3, -0.25) is 4.90 Å². The van der Waals surface area contributed by atoms with Gasteiger partial charge in [0.15, 0.2) is 0 Å². The van der Waals surface area contributed by atoms with E-state index in [1.807, 2.05) is 0 Å². The molecule has 2 saturated heterocycles. The Bertz CT molecular complexity index is 202. The summed E-state index contributed by atoms with van der Waals surface area (Å²) in [5, 5.41) is 28.8. The summed E-state index contributed by atoms with van der Waals surface area (Å²) in [6.07, 6.45) is 1.65. The first-order valence-electron chi connectivity index (χ1n) is 5.41. The van der Waals surface area contributed by atoms with Crippen LogP contribution in [0.1, 0.15) is 26.2 Å². The van der Waals surface area contributed by atoms with Crippen LogP contribution >= 0.6 is 0 Å². The topological polar surface area (TPSA) is 63.9 Å². The van der Waals surface area contributed by atoms with E-state index < -0.39 is 12.2 Å². The minimum absolute atomic E-state index is 0.0471. The summed E-state index contributed by atoms with van der Waals surface area (Å²) in [5.41, 5.74) is 0. The second-order valence-corrected chi connectivity index (χ2v) is 4.53. The highest BCUT2D eigenvalue weighted by atomic mass is 16.3. The van der Waals surface area contributed by atoms with Crippen molar-refractivity contribution in [2.24, 2.45) is 0 Å². The molecule has 0 spiro atoms. The van der Waals surface area contributed by atoms with E-state index >= 15 is 0 Å². The zero-order valence-corrected chi connectivity index (χ0v) is 8.50. The highest BCUT2D eigenvalue weighted by molar-refractivity contribution is 5.03. The van der Waals surface area contributed by atoms with Crippen LogP contribution in [-0.4, -0.2) is 57.2 Å². The minimum Gasteiger partial charge on any atom is -0.395 e. The van der Waals surface area contributed by atoms with Crippen LogP contribution in [0.25, 0.3) is 0 Å². The molecule has 0 saturated carbocycles. The summed E-state index contributed by atoms with van der Waals surface area (Å²) in [5.74, 6) is 0. The molecule has 0 radical (unpaired) electrons. The van der Waals surface area contributed by atoms with Crippen molar-refractivity contribution < 1.29 is 15.3 Å². The lowest BCUT2D eigenvalue weighted by molar-refractivity contribution is 0.0174. The van der Waals surface area contributed by atoms with Gasteiger partial charge in [0.2, 0.25) is 0 Å². The Morgan fingerprint density at radius 1 is 1.21 bits per heavy atom. The zero-order valence-electron chi connectivity index (χ0n) is 8.50. The largest absolute Gasteiger partial charge is 0.395 e. The minimum atomic E-state index is -0.787. The predicted octanol–water partition coefficient (Wildman–Crippen LogP) is -0.674. The number of aliphatic hydroxyl groups excluding tert-OH is 3. The number of fused-ring (bicyclic) bond motifs is 1. The molecular weight excluding hydrogens is 182 g/mol. The smallest absolute Gasteiger partial charge is 0.0991 e. The molecule has 2 aliphatic rings. The molecule has 4 nitrogen and oxygen atoms in total. The molecule has 0 aromatic carbocycles. The Labute approximate surface area is 84.2 Å². The number of rotatable bonds is 1. The molecule has 5 atom stereocenters. The highest BCUT2D eigenvalue weighted by Crippen LogP contribution is 2.35. The van der Waals surface area contributed by atoms with Crippen molar-refractivity contribution in [1.82, 2.24) is 4.90 Å². The SMILES string of the molecule is C[C@@H]1CCC[C@@H]2[C@@H](O)[C@H](O)[C@H](CO)N12. The third-order valence-corrected chi connectivity index (χ3v) is 3.72. The van der Waals surface area contributed by atoms with Crippen LogP contribution in [0.15, 0.2) is 0 Å². The van der Waals surface area contributed by atoms with Crippen LogP contribution in [0.5, 0.6) is 0 Å². The van der Waals surface area contributed by atoms with Gasteiger partial charge in [0.05, 0.1) is 24.9 Å². The van der Waals surface area contributed by atoms with Crippen LogP contribution in [0.2, 0.25) is 0 Å². The summed E-state index contributed by atoms with van der Waals surface area (Å²) < 4.78 is 0. The van der Waals surface area contributed by atoms with E-state index in [4.69, 9.17) is 0 Å². The maximum atomic E-state index is 9.81. The first-order valence-corrected chi connectivity index (χ1v) is 5.41. The molecule has 3 N–H and O–H groups in total. The Morgan fingerprint density at radius 2 is 1.93 bits per heavy atom. The van der Waals surface area contributed by atoms with Crippen molar-refractivity contribution in [2.45, 2.75) is 56.5 Å². The number of hydrogen-bond acceptors (Lipinski definition) is 4. The Hall–Kier alpha value is -0.160. The fraction of sp³-hybridized carbons (Fsp3) is 1.00. The highest BCUT2D eigenvalue weighted by Gasteiger charge is 2.49. The van der Waals surface area contributed by atoms with Gasteiger partial charge in [-0.15, -0.1) is 0 Å². The van der Waals surface area contributed by atoms with E-state index in [-0.39, 0.29) is 18.7 Å². The van der Waals surface area contributed by atoms with Gasteiger partial charge in [0.25, 0.3) is 0 Å². The number of nitrogens with zero attached hydrogens (tertiary/aromatic N) is 1. The van der Waals surface area contributed by atoms with E-state index in [0.717, 1.165) is 19.3 Å². The molecule has 2 fully saturated rings. The van der Waals surface area contributed by atoms with E-state index in [0.29, 0.717) is 6.04 Å². The number of aliphatic hydroxyl groups is 3. The maximum absolute atomic E-state index is 9.81. The lowest BCUT2D eigenvalue weighted by Gasteiger charge is -2.39. The second-order valence-electron chi connectivity index (χ2n) is 4.53. The molecule has 0 unspecified atom stereocenters. The van der Waals surface area contributed by atoms with Gasteiger partial charge in [-0.1, -0.05) is 6.42 Å². The van der Waals surface area contributed by atoms with Gasteiger partial charge in [-0.2, -0.15) is 0 Å². The van der Waals surface area contributed by atoms with Crippen LogP contribution in [0.4, 0.5) is 0 Å². The van der Waals surface area contributed by atoms with Crippen LogP contribution < -0.4 is 0 Å². The molecule has 0 aromatic heterocycles. The molecule has 0 bridgehead atoms. The average molecular weight is 201 g/mol. The van der Waals surface area contributed by atoms with Crippen molar-refractivity contribution in [1.29, 1.82) is 0 Å². The molecule has 4 heteroatoms. The molecular formula is C10H19NO3. The fourth-order valence-corrected chi connectivity index (χ4v) is 3.00. The zero-order chi connectivity index (χ0) is 10.3. The summed E-state index contributed by atoms with van der Waals surface area (Å²) in [6, 6.07) is 0.133. The lowest BCUT2D eigenvalue weighted by atomic mass is 9.96. The van der Waals surface area contributed by atoms with Gasteiger partial charge in [0.1, 0.15) is 0 Å². The monoisotopic (exact) mass is 201 g/mol. The van der Waals surface area contributed by atoms with Crippen molar-refractivity contribution >= 4 is 0 Å². The van der Waals surface area contributed by atoms with E-state index in [2.05, 4.69) is 11.8 Å². The van der Waals surface area contributed by atoms with Crippen LogP contribution in [0, 0.1) is 0 Å². The molecule has 2 aliphatic heterocycles. The molecule has 2 heterocycles. The second kappa shape index (κ2) is 3.77. The molecule has 82 valence electrons. The van der Waals surface area contributed by atoms with Gasteiger partial charge < -0.3 is 15.3 Å². The molecule has 0 amide bonds. The standard InChI is InChI=1S/C10H19NO3/c1-6-3-2-4-7-9(13)10(14)8(5-12)11(6)7/h6-10,12-14H,2-5H2,1H3/t6-,7-,8+,9-,10-/m1/s1. The van der Waals surface area contributed by atoms with Gasteiger partial charge in [-0.25, -0.2) is 0 Å². The maximum Gasteiger partial charge on any atom is 0.0991 e. The van der Waals surface area contributed by atoms with Crippen molar-refractivity contribution in [3.8, 4) is 0 Å². The first kappa shape index (κ1) is 10.4. The normalized spacial score (nSPS) is 49.3. The third kappa shape index (κ3) is 1.37. The molecule has 0 aliphatic carbocycles. The Kier molecular flexibility index (Phi) is 2.79. The van der Waals surface area contributed by atoms with Gasteiger partial charge >= 0.3 is 0 Å². The lowest BCUT2D eigenvalue weighted by Crippen LogP contribution is -2.49. The molecule has 2 rings (SSSR count). The van der Waals surface area contributed by atoms with Crippen LogP contribution in [-0.2, 0) is 0 Å². The Balaban J connectivity index is 2.20. The molecule has 0 aromatic rings. The van der Waals surface area contributed by atoms with Crippen molar-refractivity contribution in [2.75, 3.05) is 6.61 Å². The summed E-state index contributed by atoms with van der Waals surface area (Å²) in [6.45, 7) is 2.03. The summed E-state index contributed by atoms with van der Waals surface area (Å²) >= 11 is 0. The third-order valence-electron chi connectivity index (χ3n) is 3.72. The Morgan fingerprint density at radius 3 is 2.57 bits per heavy atom. The van der Waals surface area contributed by atoms with E-state index in [9.17, 15) is 15.3 Å². The van der Waals surface area contributed by atoms with Gasteiger partial charge in [-0.05, 0) is 19.8 Å². The predicted molar refractivity (Wildman–Crippen MR) is 51.8 cm³/mol. The summed E-state index contributed by atoms with van der Waals surface area (Å²) in [4.78, 5) is 2.10. The number of piperidine rings is 1. The number of hydrogen-bond donors (Lipinski definition) is 3.